The topological polar surface area (TPSA) is 85.1 Å². The van der Waals surface area contributed by atoms with Crippen LogP contribution in [0.3, 0.4) is 0 Å². The molecule has 1 aliphatic heterocycles. The van der Waals surface area contributed by atoms with E-state index >= 15 is 0 Å². The number of aromatic nitrogens is 1. The molecule has 0 spiro atoms. The van der Waals surface area contributed by atoms with Crippen LogP contribution in [0.4, 0.5) is 18.9 Å². The fourth-order valence-electron chi connectivity index (χ4n) is 1.86. The molecule has 1 aromatic rings. The summed E-state index contributed by atoms with van der Waals surface area (Å²) in [6.45, 7) is 0.341. The van der Waals surface area contributed by atoms with Crippen LogP contribution in [-0.4, -0.2) is 26.4 Å². The van der Waals surface area contributed by atoms with Crippen molar-refractivity contribution in [2.24, 2.45) is 0 Å². The number of nitrogens with one attached hydrogen (secondary N) is 1. The van der Waals surface area contributed by atoms with Gasteiger partial charge in [0.25, 0.3) is 5.69 Å². The second kappa shape index (κ2) is 4.53. The Hall–Kier alpha value is -1.55. The lowest BCUT2D eigenvalue weighted by molar-refractivity contribution is -0.385. The second-order valence-corrected chi connectivity index (χ2v) is 6.71. The van der Waals surface area contributed by atoms with Crippen molar-refractivity contribution in [2.75, 3.05) is 12.3 Å². The molecule has 1 fully saturated rings. The van der Waals surface area contributed by atoms with Gasteiger partial charge in [-0.05, 0) is 16.5 Å². The number of hydrogen-bond acceptors (Lipinski definition) is 4. The predicted octanol–water partition coefficient (Wildman–Crippen LogP) is 1.29. The van der Waals surface area contributed by atoms with Gasteiger partial charge in [0, 0.05) is 18.4 Å². The number of halogens is 3. The van der Waals surface area contributed by atoms with Gasteiger partial charge in [-0.1, -0.05) is 0 Å². The van der Waals surface area contributed by atoms with Crippen molar-refractivity contribution in [1.82, 2.24) is 9.71 Å². The van der Waals surface area contributed by atoms with Crippen molar-refractivity contribution in [3.63, 3.8) is 0 Å². The van der Waals surface area contributed by atoms with Gasteiger partial charge < -0.3 is 0 Å². The van der Waals surface area contributed by atoms with Crippen LogP contribution in [0.1, 0.15) is 12.0 Å². The molecule has 0 atom stereocenters. The first-order valence-corrected chi connectivity index (χ1v) is 7.20. The summed E-state index contributed by atoms with van der Waals surface area (Å²) < 4.78 is 53.6. The molecular weight excluding hydrogens is 287 g/mol. The number of nitrogens with zero attached hydrogens (tertiary/aromatic N) is 2. The monoisotopic (exact) mass is 297 g/mol. The summed E-state index contributed by atoms with van der Waals surface area (Å²) >= 11 is 0. The molecule has 1 saturated heterocycles. The summed E-state index contributed by atoms with van der Waals surface area (Å²) in [7, 11) is -3.41. The van der Waals surface area contributed by atoms with E-state index in [1.54, 1.807) is 0 Å². The zero-order valence-electron chi connectivity index (χ0n) is 9.48. The van der Waals surface area contributed by atoms with E-state index in [2.05, 4.69) is 9.71 Å². The molecule has 1 aliphatic rings. The Bertz CT molecular complexity index is 566. The van der Waals surface area contributed by atoms with Gasteiger partial charge in [0.15, 0.2) is 0 Å². The van der Waals surface area contributed by atoms with E-state index in [0.29, 0.717) is 25.2 Å². The summed E-state index contributed by atoms with van der Waals surface area (Å²) in [4.78, 5) is 13.0. The van der Waals surface area contributed by atoms with Gasteiger partial charge in [-0.25, -0.2) is 4.98 Å². The molecule has 0 unspecified atom stereocenters. The van der Waals surface area contributed by atoms with Crippen molar-refractivity contribution in [3.8, 4) is 0 Å². The molecule has 0 radical (unpaired) electrons. The van der Waals surface area contributed by atoms with Crippen LogP contribution in [0, 0.1) is 10.1 Å². The van der Waals surface area contributed by atoms with Crippen LogP contribution in [0.5, 0.6) is 0 Å². The van der Waals surface area contributed by atoms with Crippen LogP contribution in [0.15, 0.2) is 17.3 Å². The molecule has 0 bridgehead atoms. The number of alkyl halides is 3. The zero-order valence-corrected chi connectivity index (χ0v) is 10.4. The quantitative estimate of drug-likeness (QED) is 0.489. The first kappa shape index (κ1) is 13.9. The van der Waals surface area contributed by atoms with E-state index < -0.39 is 37.5 Å². The standard InChI is InChI=1S/C9H10F3N3O3S/c10-9(11,12)7-4-6(15(16)17)5-13-8(7)19(18)3-1-2-14-19/h4-5,19H,1-3H2,(H,14,18). The van der Waals surface area contributed by atoms with Crippen LogP contribution in [0.25, 0.3) is 0 Å². The van der Waals surface area contributed by atoms with Crippen molar-refractivity contribution in [3.05, 3.63) is 27.9 Å². The fraction of sp³-hybridized carbons (Fsp3) is 0.444. The highest BCUT2D eigenvalue weighted by atomic mass is 32.3. The first-order valence-electron chi connectivity index (χ1n) is 5.30. The smallest absolute Gasteiger partial charge is 0.265 e. The number of rotatable bonds is 2. The Labute approximate surface area is 106 Å². The van der Waals surface area contributed by atoms with Gasteiger partial charge >= 0.3 is 6.18 Å². The Kier molecular flexibility index (Phi) is 3.31. The maximum Gasteiger partial charge on any atom is 0.419 e. The maximum atomic E-state index is 12.9. The predicted molar refractivity (Wildman–Crippen MR) is 61.2 cm³/mol. The molecule has 1 aromatic heterocycles. The third kappa shape index (κ3) is 2.59. The van der Waals surface area contributed by atoms with Gasteiger partial charge in [0.2, 0.25) is 0 Å². The van der Waals surface area contributed by atoms with E-state index in [0.717, 1.165) is 0 Å². The third-order valence-corrected chi connectivity index (χ3v) is 5.45. The average molecular weight is 297 g/mol. The van der Waals surface area contributed by atoms with E-state index in [1.807, 2.05) is 0 Å². The zero-order chi connectivity index (χ0) is 14.3. The van der Waals surface area contributed by atoms with Gasteiger partial charge in [-0.15, -0.1) is 0 Å². The number of hydrogen-bond donors (Lipinski definition) is 2. The molecule has 1 N–H and O–H groups in total. The van der Waals surface area contributed by atoms with Crippen molar-refractivity contribution in [2.45, 2.75) is 17.6 Å². The van der Waals surface area contributed by atoms with Crippen molar-refractivity contribution < 1.29 is 22.3 Å². The molecule has 0 saturated carbocycles. The third-order valence-electron chi connectivity index (χ3n) is 2.73. The summed E-state index contributed by atoms with van der Waals surface area (Å²) in [5.41, 5.74) is -2.08. The minimum atomic E-state index is -4.84. The molecule has 6 nitrogen and oxygen atoms in total. The van der Waals surface area contributed by atoms with Crippen LogP contribution >= 0.6 is 0 Å². The normalized spacial score (nSPS) is 20.2. The van der Waals surface area contributed by atoms with E-state index in [4.69, 9.17) is 0 Å². The SMILES string of the molecule is O=[N+]([O-])c1cnc([SH]2(=O)CCCN2)c(C(F)(F)F)c1. The summed E-state index contributed by atoms with van der Waals surface area (Å²) in [5.74, 6) is 0.0703. The lowest BCUT2D eigenvalue weighted by Crippen LogP contribution is -2.30. The molecule has 10 heteroatoms. The number of pyridine rings is 1. The highest BCUT2D eigenvalue weighted by Gasteiger charge is 2.40. The van der Waals surface area contributed by atoms with E-state index in [9.17, 15) is 27.5 Å². The highest BCUT2D eigenvalue weighted by molar-refractivity contribution is 8.01. The minimum Gasteiger partial charge on any atom is -0.265 e. The van der Waals surface area contributed by atoms with Crippen molar-refractivity contribution in [1.29, 1.82) is 0 Å². The fourth-order valence-corrected chi connectivity index (χ4v) is 4.33. The molecule has 106 valence electrons. The van der Waals surface area contributed by atoms with E-state index in [1.165, 1.54) is 0 Å². The van der Waals surface area contributed by atoms with Gasteiger partial charge in [-0.2, -0.15) is 13.2 Å². The van der Waals surface area contributed by atoms with Crippen LogP contribution < -0.4 is 4.72 Å². The summed E-state index contributed by atoms with van der Waals surface area (Å²) in [6, 6.07) is 0.377. The molecule has 0 aromatic carbocycles. The molecule has 2 heterocycles. The number of thiol groups is 1. The number of nitro groups is 1. The van der Waals surface area contributed by atoms with Gasteiger partial charge in [-0.3, -0.25) is 19.0 Å². The van der Waals surface area contributed by atoms with Gasteiger partial charge in [0.1, 0.15) is 11.2 Å². The lowest BCUT2D eigenvalue weighted by atomic mass is 10.2. The van der Waals surface area contributed by atoms with Crippen LogP contribution in [-0.2, 0) is 16.3 Å². The molecule has 0 amide bonds. The molecule has 19 heavy (non-hydrogen) atoms. The van der Waals surface area contributed by atoms with Crippen LogP contribution in [0.2, 0.25) is 0 Å². The first-order chi connectivity index (χ1) is 8.74. The Balaban J connectivity index is 2.61. The second-order valence-electron chi connectivity index (χ2n) is 4.04. The average Bonchev–Trinajstić information content (AvgIpc) is 2.75. The largest absolute Gasteiger partial charge is 0.419 e. The molecule has 0 aliphatic carbocycles. The molecular formula is C9H10F3N3O3S. The minimum absolute atomic E-state index is 0.0703. The lowest BCUT2D eigenvalue weighted by Gasteiger charge is -2.21. The Morgan fingerprint density at radius 3 is 2.63 bits per heavy atom. The summed E-state index contributed by atoms with van der Waals surface area (Å²) in [6.07, 6.45) is -3.66. The molecule has 2 rings (SSSR count). The highest BCUT2D eigenvalue weighted by Crippen LogP contribution is 2.37. The Morgan fingerprint density at radius 1 is 1.47 bits per heavy atom. The van der Waals surface area contributed by atoms with E-state index in [-0.39, 0.29) is 5.75 Å². The maximum absolute atomic E-state index is 12.9. The van der Waals surface area contributed by atoms with Crippen molar-refractivity contribution >= 4 is 15.8 Å². The Morgan fingerprint density at radius 2 is 2.16 bits per heavy atom. The summed E-state index contributed by atoms with van der Waals surface area (Å²) in [5, 5.41) is 9.88. The van der Waals surface area contributed by atoms with Gasteiger partial charge in [0.05, 0.1) is 10.5 Å².